The standard InChI is InChI=1S/C18H13BrN2O3/c19-15-5-2-1-4-14(15)17(22)20-12-7-9-13(10-8-12)21-18(23)16-6-3-11-24-16/h1-11H,(H,20,22)(H,21,23). The van der Waals surface area contributed by atoms with E-state index in [1.807, 2.05) is 12.1 Å². The summed E-state index contributed by atoms with van der Waals surface area (Å²) < 4.78 is 5.76. The zero-order valence-electron chi connectivity index (χ0n) is 12.5. The summed E-state index contributed by atoms with van der Waals surface area (Å²) >= 11 is 3.35. The molecule has 0 aliphatic rings. The lowest BCUT2D eigenvalue weighted by Crippen LogP contribution is -2.13. The van der Waals surface area contributed by atoms with E-state index in [4.69, 9.17) is 4.42 Å². The van der Waals surface area contributed by atoms with Crippen LogP contribution in [0.5, 0.6) is 0 Å². The van der Waals surface area contributed by atoms with E-state index in [0.29, 0.717) is 16.9 Å². The molecule has 0 spiro atoms. The lowest BCUT2D eigenvalue weighted by atomic mass is 10.2. The van der Waals surface area contributed by atoms with Crippen LogP contribution in [-0.2, 0) is 0 Å². The summed E-state index contributed by atoms with van der Waals surface area (Å²) in [6.07, 6.45) is 1.44. The Morgan fingerprint density at radius 1 is 0.792 bits per heavy atom. The lowest BCUT2D eigenvalue weighted by molar-refractivity contribution is 0.0994. The second-order valence-electron chi connectivity index (χ2n) is 4.94. The highest BCUT2D eigenvalue weighted by Gasteiger charge is 2.11. The predicted molar refractivity (Wildman–Crippen MR) is 95.2 cm³/mol. The van der Waals surface area contributed by atoms with Crippen molar-refractivity contribution in [3.05, 3.63) is 82.7 Å². The number of nitrogens with one attached hydrogen (secondary N) is 2. The number of hydrogen-bond donors (Lipinski definition) is 2. The first kappa shape index (κ1) is 16.0. The molecule has 1 aromatic heterocycles. The number of halogens is 1. The fourth-order valence-corrected chi connectivity index (χ4v) is 2.55. The van der Waals surface area contributed by atoms with Crippen LogP contribution in [0.4, 0.5) is 11.4 Å². The minimum Gasteiger partial charge on any atom is -0.459 e. The molecule has 0 aliphatic carbocycles. The Hall–Kier alpha value is -2.86. The van der Waals surface area contributed by atoms with Crippen molar-refractivity contribution in [3.63, 3.8) is 0 Å². The first-order valence-corrected chi connectivity index (χ1v) is 7.93. The Kier molecular flexibility index (Phi) is 4.77. The van der Waals surface area contributed by atoms with Gasteiger partial charge in [-0.2, -0.15) is 0 Å². The summed E-state index contributed by atoms with van der Waals surface area (Å²) in [6, 6.07) is 17.3. The maximum absolute atomic E-state index is 12.2. The van der Waals surface area contributed by atoms with E-state index in [9.17, 15) is 9.59 Å². The van der Waals surface area contributed by atoms with Gasteiger partial charge in [-0.15, -0.1) is 0 Å². The van der Waals surface area contributed by atoms with Crippen LogP contribution in [0.1, 0.15) is 20.9 Å². The minimum atomic E-state index is -0.329. The van der Waals surface area contributed by atoms with Crippen LogP contribution in [0.3, 0.4) is 0 Å². The van der Waals surface area contributed by atoms with Crippen LogP contribution in [0.25, 0.3) is 0 Å². The molecule has 2 amide bonds. The quantitative estimate of drug-likeness (QED) is 0.692. The van der Waals surface area contributed by atoms with Crippen LogP contribution >= 0.6 is 15.9 Å². The Labute approximate surface area is 146 Å². The molecule has 0 unspecified atom stereocenters. The number of hydrogen-bond acceptors (Lipinski definition) is 3. The van der Waals surface area contributed by atoms with Gasteiger partial charge in [0.15, 0.2) is 5.76 Å². The third-order valence-corrected chi connectivity index (χ3v) is 3.96. The zero-order valence-corrected chi connectivity index (χ0v) is 14.0. The maximum Gasteiger partial charge on any atom is 0.291 e. The summed E-state index contributed by atoms with van der Waals surface area (Å²) in [6.45, 7) is 0. The summed E-state index contributed by atoms with van der Waals surface area (Å²) in [5.41, 5.74) is 1.79. The first-order chi connectivity index (χ1) is 11.6. The molecule has 120 valence electrons. The van der Waals surface area contributed by atoms with Gasteiger partial charge in [0, 0.05) is 15.8 Å². The highest BCUT2D eigenvalue weighted by molar-refractivity contribution is 9.10. The molecule has 0 saturated carbocycles. The van der Waals surface area contributed by atoms with Crippen molar-refractivity contribution >= 4 is 39.1 Å². The second-order valence-corrected chi connectivity index (χ2v) is 5.80. The molecule has 0 saturated heterocycles. The Balaban J connectivity index is 1.65. The van der Waals surface area contributed by atoms with Gasteiger partial charge in [-0.05, 0) is 64.5 Å². The number of carbonyl (C=O) groups is 2. The molecular formula is C18H13BrN2O3. The molecule has 5 nitrogen and oxygen atoms in total. The van der Waals surface area contributed by atoms with E-state index in [0.717, 1.165) is 4.47 Å². The fraction of sp³-hybridized carbons (Fsp3) is 0. The van der Waals surface area contributed by atoms with Gasteiger partial charge in [0.25, 0.3) is 11.8 Å². The largest absolute Gasteiger partial charge is 0.459 e. The van der Waals surface area contributed by atoms with Crippen LogP contribution in [0.2, 0.25) is 0 Å². The van der Waals surface area contributed by atoms with Gasteiger partial charge in [0.1, 0.15) is 0 Å². The maximum atomic E-state index is 12.2. The van der Waals surface area contributed by atoms with Crippen LogP contribution in [0.15, 0.2) is 75.8 Å². The van der Waals surface area contributed by atoms with E-state index >= 15 is 0 Å². The van der Waals surface area contributed by atoms with Crippen molar-refractivity contribution in [1.82, 2.24) is 0 Å². The summed E-state index contributed by atoms with van der Waals surface area (Å²) in [5.74, 6) is -0.304. The van der Waals surface area contributed by atoms with Gasteiger partial charge in [-0.3, -0.25) is 9.59 Å². The highest BCUT2D eigenvalue weighted by atomic mass is 79.9. The number of furan rings is 1. The average molecular weight is 385 g/mol. The molecule has 1 heterocycles. The highest BCUT2D eigenvalue weighted by Crippen LogP contribution is 2.19. The van der Waals surface area contributed by atoms with Crippen molar-refractivity contribution in [2.45, 2.75) is 0 Å². The SMILES string of the molecule is O=C(Nc1ccc(NC(=O)c2ccccc2Br)cc1)c1ccco1. The van der Waals surface area contributed by atoms with Gasteiger partial charge >= 0.3 is 0 Å². The molecule has 3 rings (SSSR count). The Morgan fingerprint density at radius 3 is 2.00 bits per heavy atom. The fourth-order valence-electron chi connectivity index (χ4n) is 2.08. The monoisotopic (exact) mass is 384 g/mol. The molecule has 6 heteroatoms. The van der Waals surface area contributed by atoms with Crippen LogP contribution in [0, 0.1) is 0 Å². The van der Waals surface area contributed by atoms with E-state index in [1.54, 1.807) is 48.5 Å². The van der Waals surface area contributed by atoms with Gasteiger partial charge in [0.05, 0.1) is 11.8 Å². The number of benzene rings is 2. The molecular weight excluding hydrogens is 372 g/mol. The topological polar surface area (TPSA) is 71.3 Å². The van der Waals surface area contributed by atoms with Gasteiger partial charge in [-0.1, -0.05) is 12.1 Å². The smallest absolute Gasteiger partial charge is 0.291 e. The molecule has 3 aromatic rings. The van der Waals surface area contributed by atoms with Crippen LogP contribution in [-0.4, -0.2) is 11.8 Å². The minimum absolute atomic E-state index is 0.213. The first-order valence-electron chi connectivity index (χ1n) is 7.14. The average Bonchev–Trinajstić information content (AvgIpc) is 3.11. The van der Waals surface area contributed by atoms with Crippen molar-refractivity contribution in [2.24, 2.45) is 0 Å². The third kappa shape index (κ3) is 3.72. The molecule has 0 aliphatic heterocycles. The molecule has 0 atom stereocenters. The summed E-state index contributed by atoms with van der Waals surface area (Å²) in [4.78, 5) is 24.1. The van der Waals surface area contributed by atoms with Gasteiger partial charge < -0.3 is 15.1 Å². The summed E-state index contributed by atoms with van der Waals surface area (Å²) in [7, 11) is 0. The third-order valence-electron chi connectivity index (χ3n) is 3.26. The van der Waals surface area contributed by atoms with Gasteiger partial charge in [0.2, 0.25) is 0 Å². The molecule has 2 aromatic carbocycles. The number of rotatable bonds is 4. The molecule has 2 N–H and O–H groups in total. The van der Waals surface area contributed by atoms with Crippen molar-refractivity contribution in [1.29, 1.82) is 0 Å². The van der Waals surface area contributed by atoms with E-state index < -0.39 is 0 Å². The lowest BCUT2D eigenvalue weighted by Gasteiger charge is -2.08. The van der Waals surface area contributed by atoms with Crippen molar-refractivity contribution in [2.75, 3.05) is 10.6 Å². The van der Waals surface area contributed by atoms with E-state index in [-0.39, 0.29) is 17.6 Å². The number of carbonyl (C=O) groups excluding carboxylic acids is 2. The number of anilines is 2. The molecule has 0 bridgehead atoms. The Morgan fingerprint density at radius 2 is 1.42 bits per heavy atom. The molecule has 24 heavy (non-hydrogen) atoms. The summed E-state index contributed by atoms with van der Waals surface area (Å²) in [5, 5.41) is 5.52. The van der Waals surface area contributed by atoms with Crippen molar-refractivity contribution in [3.8, 4) is 0 Å². The zero-order chi connectivity index (χ0) is 16.9. The Bertz CT molecular complexity index is 858. The number of amides is 2. The second kappa shape index (κ2) is 7.14. The molecule has 0 fully saturated rings. The normalized spacial score (nSPS) is 10.2. The predicted octanol–water partition coefficient (Wildman–Crippen LogP) is 4.55. The molecule has 0 radical (unpaired) electrons. The van der Waals surface area contributed by atoms with Gasteiger partial charge in [-0.25, -0.2) is 0 Å². The van der Waals surface area contributed by atoms with Crippen LogP contribution < -0.4 is 10.6 Å². The van der Waals surface area contributed by atoms with E-state index in [1.165, 1.54) is 6.26 Å². The van der Waals surface area contributed by atoms with E-state index in [2.05, 4.69) is 26.6 Å². The van der Waals surface area contributed by atoms with Crippen molar-refractivity contribution < 1.29 is 14.0 Å².